The highest BCUT2D eigenvalue weighted by Gasteiger charge is 2.23. The normalized spacial score (nSPS) is 16.6. The van der Waals surface area contributed by atoms with E-state index in [0.717, 1.165) is 41.4 Å². The van der Waals surface area contributed by atoms with E-state index >= 15 is 0 Å². The van der Waals surface area contributed by atoms with E-state index in [1.807, 2.05) is 23.7 Å². The van der Waals surface area contributed by atoms with E-state index in [1.54, 1.807) is 17.5 Å². The van der Waals surface area contributed by atoms with Gasteiger partial charge in [-0.05, 0) is 28.1 Å². The average molecular weight is 340 g/mol. The third-order valence-corrected chi connectivity index (χ3v) is 4.44. The number of halogens is 1. The second-order valence-corrected chi connectivity index (χ2v) is 6.12. The molecule has 3 rings (SSSR count). The van der Waals surface area contributed by atoms with Crippen LogP contribution in [-0.4, -0.2) is 29.2 Å². The zero-order chi connectivity index (χ0) is 13.1. The lowest BCUT2D eigenvalue weighted by atomic mass is 10.1. The highest BCUT2D eigenvalue weighted by molar-refractivity contribution is 9.10. The number of thiazole rings is 1. The van der Waals surface area contributed by atoms with E-state index in [-0.39, 0.29) is 6.10 Å². The lowest BCUT2D eigenvalue weighted by Gasteiger charge is -2.32. The van der Waals surface area contributed by atoms with Crippen molar-refractivity contribution in [3.63, 3.8) is 0 Å². The van der Waals surface area contributed by atoms with Gasteiger partial charge in [-0.1, -0.05) is 11.3 Å². The molecular formula is C13H14BrN3OS. The molecule has 0 N–H and O–H groups in total. The summed E-state index contributed by atoms with van der Waals surface area (Å²) in [5.41, 5.74) is 0. The van der Waals surface area contributed by atoms with Crippen molar-refractivity contribution in [3.05, 3.63) is 34.4 Å². The number of hydrogen-bond acceptors (Lipinski definition) is 5. The molecule has 1 fully saturated rings. The largest absolute Gasteiger partial charge is 0.467 e. The van der Waals surface area contributed by atoms with Gasteiger partial charge in [0.15, 0.2) is 0 Å². The van der Waals surface area contributed by atoms with Crippen LogP contribution in [0.5, 0.6) is 5.19 Å². The Morgan fingerprint density at radius 1 is 1.26 bits per heavy atom. The lowest BCUT2D eigenvalue weighted by Crippen LogP contribution is -2.38. The molecule has 0 saturated carbocycles. The zero-order valence-corrected chi connectivity index (χ0v) is 12.7. The minimum Gasteiger partial charge on any atom is -0.467 e. The van der Waals surface area contributed by atoms with Crippen molar-refractivity contribution in [3.8, 4) is 5.19 Å². The monoisotopic (exact) mass is 339 g/mol. The first-order chi connectivity index (χ1) is 9.33. The van der Waals surface area contributed by atoms with Gasteiger partial charge >= 0.3 is 0 Å². The van der Waals surface area contributed by atoms with Crippen LogP contribution in [0.25, 0.3) is 0 Å². The Kier molecular flexibility index (Phi) is 3.98. The number of pyridine rings is 1. The van der Waals surface area contributed by atoms with Crippen molar-refractivity contribution in [2.24, 2.45) is 0 Å². The molecule has 4 nitrogen and oxygen atoms in total. The molecule has 1 saturated heterocycles. The first-order valence-corrected chi connectivity index (χ1v) is 7.92. The fraction of sp³-hybridized carbons (Fsp3) is 0.385. The smallest absolute Gasteiger partial charge is 0.273 e. The van der Waals surface area contributed by atoms with Gasteiger partial charge in [0, 0.05) is 43.7 Å². The molecule has 2 aromatic rings. The third kappa shape index (κ3) is 3.06. The summed E-state index contributed by atoms with van der Waals surface area (Å²) in [5, 5.41) is 2.72. The minimum atomic E-state index is 0.268. The van der Waals surface area contributed by atoms with Gasteiger partial charge in [-0.2, -0.15) is 0 Å². The molecule has 0 atom stereocenters. The van der Waals surface area contributed by atoms with Crippen molar-refractivity contribution >= 4 is 33.1 Å². The molecule has 0 radical (unpaired) electrons. The Morgan fingerprint density at radius 3 is 2.79 bits per heavy atom. The minimum absolute atomic E-state index is 0.268. The van der Waals surface area contributed by atoms with Crippen molar-refractivity contribution in [2.75, 3.05) is 18.0 Å². The molecular weight excluding hydrogens is 326 g/mol. The summed E-state index contributed by atoms with van der Waals surface area (Å²) >= 11 is 5.10. The fourth-order valence-corrected chi connectivity index (χ4v) is 3.26. The Morgan fingerprint density at radius 2 is 2.11 bits per heavy atom. The second kappa shape index (κ2) is 5.88. The molecule has 2 aromatic heterocycles. The highest BCUT2D eigenvalue weighted by atomic mass is 79.9. The summed E-state index contributed by atoms with van der Waals surface area (Å²) in [6.07, 6.45) is 5.88. The van der Waals surface area contributed by atoms with Gasteiger partial charge in [-0.25, -0.2) is 9.97 Å². The number of anilines is 1. The standard InChI is InChI=1S/C13H14BrN3OS/c14-11-2-1-5-15-12(11)17-7-3-10(4-8-17)18-13-16-6-9-19-13/h1-2,5-6,9-10H,3-4,7-8H2. The Hall–Kier alpha value is -1.14. The predicted octanol–water partition coefficient (Wildman–Crippen LogP) is 3.35. The summed E-state index contributed by atoms with van der Waals surface area (Å²) in [6, 6.07) is 3.96. The van der Waals surface area contributed by atoms with Crippen LogP contribution in [0.4, 0.5) is 5.82 Å². The SMILES string of the molecule is Brc1cccnc1N1CCC(Oc2nccs2)CC1. The van der Waals surface area contributed by atoms with Crippen molar-refractivity contribution < 1.29 is 4.74 Å². The van der Waals surface area contributed by atoms with Crippen LogP contribution in [0.1, 0.15) is 12.8 Å². The molecule has 0 aliphatic carbocycles. The van der Waals surface area contributed by atoms with Gasteiger partial charge in [0.1, 0.15) is 11.9 Å². The maximum Gasteiger partial charge on any atom is 0.273 e. The molecule has 0 aromatic carbocycles. The molecule has 1 aliphatic rings. The van der Waals surface area contributed by atoms with Crippen LogP contribution in [0.3, 0.4) is 0 Å². The number of ether oxygens (including phenoxy) is 1. The summed E-state index contributed by atoms with van der Waals surface area (Å²) in [6.45, 7) is 1.93. The van der Waals surface area contributed by atoms with Gasteiger partial charge in [-0.3, -0.25) is 0 Å². The maximum atomic E-state index is 5.86. The average Bonchev–Trinajstić information content (AvgIpc) is 2.93. The number of piperidine rings is 1. The van der Waals surface area contributed by atoms with E-state index in [9.17, 15) is 0 Å². The van der Waals surface area contributed by atoms with Crippen molar-refractivity contribution in [2.45, 2.75) is 18.9 Å². The van der Waals surface area contributed by atoms with Crippen LogP contribution in [0.15, 0.2) is 34.4 Å². The van der Waals surface area contributed by atoms with E-state index in [1.165, 1.54) is 0 Å². The van der Waals surface area contributed by atoms with Crippen LogP contribution >= 0.6 is 27.3 Å². The van der Waals surface area contributed by atoms with Crippen molar-refractivity contribution in [1.29, 1.82) is 0 Å². The predicted molar refractivity (Wildman–Crippen MR) is 79.9 cm³/mol. The quantitative estimate of drug-likeness (QED) is 0.859. The molecule has 3 heterocycles. The van der Waals surface area contributed by atoms with Gasteiger partial charge < -0.3 is 9.64 Å². The molecule has 19 heavy (non-hydrogen) atoms. The van der Waals surface area contributed by atoms with Gasteiger partial charge in [0.05, 0.1) is 4.47 Å². The Bertz CT molecular complexity index is 526. The molecule has 0 bridgehead atoms. The third-order valence-electron chi connectivity index (χ3n) is 3.16. The summed E-state index contributed by atoms with van der Waals surface area (Å²) < 4.78 is 6.91. The van der Waals surface area contributed by atoms with E-state index in [0.29, 0.717) is 0 Å². The fourth-order valence-electron chi connectivity index (χ4n) is 2.21. The number of hydrogen-bond donors (Lipinski definition) is 0. The summed E-state index contributed by atoms with van der Waals surface area (Å²) in [7, 11) is 0. The van der Waals surface area contributed by atoms with Crippen molar-refractivity contribution in [1.82, 2.24) is 9.97 Å². The van der Waals surface area contributed by atoms with E-state index in [4.69, 9.17) is 4.74 Å². The molecule has 6 heteroatoms. The van der Waals surface area contributed by atoms with Gasteiger partial charge in [0.25, 0.3) is 5.19 Å². The Labute approximate surface area is 124 Å². The second-order valence-electron chi connectivity index (χ2n) is 4.41. The lowest BCUT2D eigenvalue weighted by molar-refractivity contribution is 0.170. The van der Waals surface area contributed by atoms with E-state index in [2.05, 4.69) is 30.8 Å². The topological polar surface area (TPSA) is 38.2 Å². The summed E-state index contributed by atoms with van der Waals surface area (Å²) in [4.78, 5) is 10.9. The van der Waals surface area contributed by atoms with Gasteiger partial charge in [-0.15, -0.1) is 0 Å². The van der Waals surface area contributed by atoms with Crippen LogP contribution in [0, 0.1) is 0 Å². The molecule has 0 amide bonds. The molecule has 100 valence electrons. The highest BCUT2D eigenvalue weighted by Crippen LogP contribution is 2.27. The number of nitrogens with zero attached hydrogens (tertiary/aromatic N) is 3. The Balaban J connectivity index is 1.59. The van der Waals surface area contributed by atoms with Crippen LogP contribution in [0.2, 0.25) is 0 Å². The summed E-state index contributed by atoms with van der Waals surface area (Å²) in [5.74, 6) is 1.02. The maximum absolute atomic E-state index is 5.86. The number of rotatable bonds is 3. The first kappa shape index (κ1) is 12.9. The number of aromatic nitrogens is 2. The molecule has 0 spiro atoms. The molecule has 0 unspecified atom stereocenters. The molecule has 1 aliphatic heterocycles. The van der Waals surface area contributed by atoms with Crippen LogP contribution < -0.4 is 9.64 Å². The first-order valence-electron chi connectivity index (χ1n) is 6.24. The van der Waals surface area contributed by atoms with E-state index < -0.39 is 0 Å². The van der Waals surface area contributed by atoms with Crippen LogP contribution in [-0.2, 0) is 0 Å². The van der Waals surface area contributed by atoms with Gasteiger partial charge in [0.2, 0.25) is 0 Å². The zero-order valence-electron chi connectivity index (χ0n) is 10.3.